The van der Waals surface area contributed by atoms with Crippen LogP contribution in [0.3, 0.4) is 0 Å². The normalized spacial score (nSPS) is 20.4. The maximum absolute atomic E-state index is 6.14. The Bertz CT molecular complexity index is 245. The molecule has 0 aromatic rings. The number of hydrogen-bond donors (Lipinski definition) is 0. The van der Waals surface area contributed by atoms with Crippen molar-refractivity contribution in [3.8, 4) is 0 Å². The first kappa shape index (κ1) is 20.7. The van der Waals surface area contributed by atoms with E-state index in [1.54, 1.807) is 0 Å². The molecule has 0 N–H and O–H groups in total. The van der Waals surface area contributed by atoms with E-state index in [9.17, 15) is 0 Å². The molecule has 0 bridgehead atoms. The smallest absolute Gasteiger partial charge is 0.0764 e. The van der Waals surface area contributed by atoms with Crippen LogP contribution in [0.1, 0.15) is 117 Å². The van der Waals surface area contributed by atoms with Crippen molar-refractivity contribution in [3.63, 3.8) is 0 Å². The molecule has 0 saturated carbocycles. The molecule has 1 heterocycles. The quantitative estimate of drug-likeness (QED) is 0.210. The summed E-state index contributed by atoms with van der Waals surface area (Å²) in [6.07, 6.45) is 27.5. The summed E-state index contributed by atoms with van der Waals surface area (Å²) in [6, 6.07) is 0. The van der Waals surface area contributed by atoms with E-state index in [1.807, 2.05) is 0 Å². The maximum Gasteiger partial charge on any atom is 0.0764 e. The second kappa shape index (κ2) is 15.2. The van der Waals surface area contributed by atoms with Gasteiger partial charge in [-0.1, -0.05) is 116 Å². The third-order valence-corrected chi connectivity index (χ3v) is 5.07. The lowest BCUT2D eigenvalue weighted by Crippen LogP contribution is -2.12. The van der Waals surface area contributed by atoms with Crippen molar-refractivity contribution in [2.45, 2.75) is 129 Å². The minimum atomic E-state index is 0.417. The molecule has 0 fully saturated rings. The fourth-order valence-electron chi connectivity index (χ4n) is 3.50. The lowest BCUT2D eigenvalue weighted by atomic mass is 10.1. The van der Waals surface area contributed by atoms with Crippen LogP contribution in [0.5, 0.6) is 0 Å². The molecule has 1 nitrogen and oxygen atoms in total. The molecule has 2 unspecified atom stereocenters. The largest absolute Gasteiger partial charge is 0.367 e. The van der Waals surface area contributed by atoms with Gasteiger partial charge >= 0.3 is 0 Å². The maximum atomic E-state index is 6.14. The summed E-state index contributed by atoms with van der Waals surface area (Å²) in [5.41, 5.74) is 0. The summed E-state index contributed by atoms with van der Waals surface area (Å²) < 4.78 is 6.14. The zero-order chi connectivity index (χ0) is 16.6. The van der Waals surface area contributed by atoms with Crippen molar-refractivity contribution < 1.29 is 4.74 Å². The first-order chi connectivity index (χ1) is 11.4. The van der Waals surface area contributed by atoms with Gasteiger partial charge in [0.1, 0.15) is 0 Å². The molecule has 1 heteroatoms. The highest BCUT2D eigenvalue weighted by Crippen LogP contribution is 2.22. The molecule has 0 saturated heterocycles. The van der Waals surface area contributed by atoms with Gasteiger partial charge in [0.05, 0.1) is 12.2 Å². The molecule has 1 aliphatic rings. The van der Waals surface area contributed by atoms with E-state index in [4.69, 9.17) is 4.74 Å². The predicted molar refractivity (Wildman–Crippen MR) is 103 cm³/mol. The van der Waals surface area contributed by atoms with Crippen LogP contribution in [0.2, 0.25) is 0 Å². The van der Waals surface area contributed by atoms with Crippen LogP contribution in [-0.4, -0.2) is 12.2 Å². The van der Waals surface area contributed by atoms with Crippen LogP contribution in [-0.2, 0) is 4.74 Å². The van der Waals surface area contributed by atoms with Gasteiger partial charge in [-0.15, -0.1) is 0 Å². The molecule has 0 radical (unpaired) electrons. The lowest BCUT2D eigenvalue weighted by Gasteiger charge is -2.14. The molecule has 1 rings (SSSR count). The van der Waals surface area contributed by atoms with E-state index in [0.29, 0.717) is 12.2 Å². The van der Waals surface area contributed by atoms with Crippen LogP contribution >= 0.6 is 0 Å². The van der Waals surface area contributed by atoms with E-state index in [-0.39, 0.29) is 0 Å². The van der Waals surface area contributed by atoms with E-state index < -0.39 is 0 Å². The summed E-state index contributed by atoms with van der Waals surface area (Å²) in [5, 5.41) is 0. The Morgan fingerprint density at radius 2 is 0.870 bits per heavy atom. The van der Waals surface area contributed by atoms with Crippen molar-refractivity contribution in [2.75, 3.05) is 0 Å². The Balaban J connectivity index is 1.86. The topological polar surface area (TPSA) is 9.23 Å². The fourth-order valence-corrected chi connectivity index (χ4v) is 3.50. The summed E-state index contributed by atoms with van der Waals surface area (Å²) >= 11 is 0. The fraction of sp³-hybridized carbons (Fsp3) is 0.909. The van der Waals surface area contributed by atoms with E-state index in [0.717, 1.165) is 0 Å². The Morgan fingerprint density at radius 1 is 0.522 bits per heavy atom. The molecule has 0 aromatic heterocycles. The number of unbranched alkanes of at least 4 members (excludes halogenated alkanes) is 12. The number of hydrogen-bond acceptors (Lipinski definition) is 1. The van der Waals surface area contributed by atoms with Crippen molar-refractivity contribution in [2.24, 2.45) is 0 Å². The van der Waals surface area contributed by atoms with Crippen LogP contribution < -0.4 is 0 Å². The Morgan fingerprint density at radius 3 is 1.26 bits per heavy atom. The second-order valence-corrected chi connectivity index (χ2v) is 7.42. The highest BCUT2D eigenvalue weighted by molar-refractivity contribution is 5.01. The molecular weight excluding hydrogens is 280 g/mol. The summed E-state index contributed by atoms with van der Waals surface area (Å²) in [6.45, 7) is 4.57. The Kier molecular flexibility index (Phi) is 13.7. The van der Waals surface area contributed by atoms with Gasteiger partial charge in [-0.25, -0.2) is 0 Å². The van der Waals surface area contributed by atoms with Crippen LogP contribution in [0.15, 0.2) is 12.2 Å². The van der Waals surface area contributed by atoms with Crippen molar-refractivity contribution in [3.05, 3.63) is 12.2 Å². The SMILES string of the molecule is CCCCCCCCCC1C=CC(CCCCCCCCC)O1. The summed E-state index contributed by atoms with van der Waals surface area (Å²) in [5.74, 6) is 0. The number of ether oxygens (including phenoxy) is 1. The molecule has 0 aromatic carbocycles. The minimum Gasteiger partial charge on any atom is -0.367 e. The van der Waals surface area contributed by atoms with E-state index in [2.05, 4.69) is 26.0 Å². The predicted octanol–water partition coefficient (Wildman–Crippen LogP) is 7.59. The van der Waals surface area contributed by atoms with Crippen LogP contribution in [0.25, 0.3) is 0 Å². The molecule has 1 aliphatic heterocycles. The van der Waals surface area contributed by atoms with Gasteiger partial charge in [-0.3, -0.25) is 0 Å². The van der Waals surface area contributed by atoms with Gasteiger partial charge in [0, 0.05) is 0 Å². The summed E-state index contributed by atoms with van der Waals surface area (Å²) in [7, 11) is 0. The van der Waals surface area contributed by atoms with Crippen LogP contribution in [0.4, 0.5) is 0 Å². The van der Waals surface area contributed by atoms with Crippen molar-refractivity contribution in [1.29, 1.82) is 0 Å². The molecular formula is C22H42O. The molecule has 2 atom stereocenters. The van der Waals surface area contributed by atoms with Gasteiger partial charge < -0.3 is 4.74 Å². The van der Waals surface area contributed by atoms with Gasteiger partial charge in [0.25, 0.3) is 0 Å². The first-order valence-electron chi connectivity index (χ1n) is 10.7. The Hall–Kier alpha value is -0.300. The third kappa shape index (κ3) is 11.8. The van der Waals surface area contributed by atoms with Crippen molar-refractivity contribution in [1.82, 2.24) is 0 Å². The van der Waals surface area contributed by atoms with Gasteiger partial charge in [0.2, 0.25) is 0 Å². The molecule has 0 aliphatic carbocycles. The summed E-state index contributed by atoms with van der Waals surface area (Å²) in [4.78, 5) is 0. The molecule has 0 spiro atoms. The zero-order valence-electron chi connectivity index (χ0n) is 16.0. The molecule has 23 heavy (non-hydrogen) atoms. The van der Waals surface area contributed by atoms with Gasteiger partial charge in [-0.2, -0.15) is 0 Å². The van der Waals surface area contributed by atoms with Crippen LogP contribution in [0, 0.1) is 0 Å². The first-order valence-corrected chi connectivity index (χ1v) is 10.7. The molecule has 136 valence electrons. The van der Waals surface area contributed by atoms with Gasteiger partial charge in [-0.05, 0) is 12.8 Å². The number of rotatable bonds is 16. The highest BCUT2D eigenvalue weighted by atomic mass is 16.5. The average Bonchev–Trinajstić information content (AvgIpc) is 3.01. The van der Waals surface area contributed by atoms with Crippen molar-refractivity contribution >= 4 is 0 Å². The highest BCUT2D eigenvalue weighted by Gasteiger charge is 2.17. The second-order valence-electron chi connectivity index (χ2n) is 7.42. The standard InChI is InChI=1S/C22H42O/c1-3-5-7-9-11-13-15-17-21-19-20-22(23-21)18-16-14-12-10-8-6-4-2/h19-22H,3-18H2,1-2H3. The van der Waals surface area contributed by atoms with E-state index >= 15 is 0 Å². The third-order valence-electron chi connectivity index (χ3n) is 5.07. The molecule has 0 amide bonds. The Labute approximate surface area is 146 Å². The minimum absolute atomic E-state index is 0.417. The zero-order valence-corrected chi connectivity index (χ0v) is 16.0. The van der Waals surface area contributed by atoms with Gasteiger partial charge in [0.15, 0.2) is 0 Å². The monoisotopic (exact) mass is 322 g/mol. The van der Waals surface area contributed by atoms with E-state index in [1.165, 1.54) is 103 Å². The average molecular weight is 323 g/mol. The lowest BCUT2D eigenvalue weighted by molar-refractivity contribution is 0.0486.